The largest absolute Gasteiger partial charge is 0.493 e. The van der Waals surface area contributed by atoms with Gasteiger partial charge in [0.2, 0.25) is 11.7 Å². The summed E-state index contributed by atoms with van der Waals surface area (Å²) in [5, 5.41) is 11.0. The van der Waals surface area contributed by atoms with Crippen molar-refractivity contribution in [2.75, 3.05) is 27.9 Å². The van der Waals surface area contributed by atoms with Crippen molar-refractivity contribution in [2.24, 2.45) is 0 Å². The Hall–Kier alpha value is -3.52. The summed E-state index contributed by atoms with van der Waals surface area (Å²) in [6, 6.07) is 8.10. The van der Waals surface area contributed by atoms with E-state index in [2.05, 4.69) is 4.98 Å². The molecule has 2 N–H and O–H groups in total. The van der Waals surface area contributed by atoms with Crippen LogP contribution >= 0.6 is 0 Å². The van der Waals surface area contributed by atoms with Gasteiger partial charge in [-0.25, -0.2) is 4.39 Å². The van der Waals surface area contributed by atoms with Gasteiger partial charge in [-0.1, -0.05) is 6.08 Å². The number of hydrogen-bond donors (Lipinski definition) is 2. The number of amides is 1. The molecule has 1 aliphatic rings. The number of hydrogen-bond acceptors (Lipinski definition) is 5. The summed E-state index contributed by atoms with van der Waals surface area (Å²) in [5.41, 5.74) is 2.26. The Kier molecular flexibility index (Phi) is 6.55. The lowest BCUT2D eigenvalue weighted by Crippen LogP contribution is -2.42. The van der Waals surface area contributed by atoms with E-state index in [1.54, 1.807) is 30.5 Å². The van der Waals surface area contributed by atoms with Crippen LogP contribution in [0, 0.1) is 5.82 Å². The Morgan fingerprint density at radius 1 is 1.18 bits per heavy atom. The molecule has 0 spiro atoms. The van der Waals surface area contributed by atoms with Crippen LogP contribution in [0.4, 0.5) is 4.39 Å². The molecule has 3 aromatic rings. The van der Waals surface area contributed by atoms with Crippen molar-refractivity contribution in [3.05, 3.63) is 65.6 Å². The Labute approximate surface area is 191 Å². The van der Waals surface area contributed by atoms with Crippen LogP contribution < -0.4 is 14.2 Å². The number of nitrogens with one attached hydrogen (secondary N) is 1. The normalized spacial score (nSPS) is 16.6. The summed E-state index contributed by atoms with van der Waals surface area (Å²) in [6.45, 7) is 0.432. The predicted octanol–water partition coefficient (Wildman–Crippen LogP) is 3.96. The summed E-state index contributed by atoms with van der Waals surface area (Å²) in [4.78, 5) is 17.9. The van der Waals surface area contributed by atoms with Crippen LogP contribution in [0.3, 0.4) is 0 Å². The average molecular weight is 454 g/mol. The molecule has 1 aromatic heterocycles. The lowest BCUT2D eigenvalue weighted by atomic mass is 9.87. The van der Waals surface area contributed by atoms with E-state index in [0.29, 0.717) is 35.6 Å². The molecule has 2 heterocycles. The van der Waals surface area contributed by atoms with Crippen molar-refractivity contribution in [1.82, 2.24) is 9.88 Å². The fourth-order valence-corrected chi connectivity index (χ4v) is 4.34. The number of ether oxygens (including phenoxy) is 3. The number of halogens is 1. The number of fused-ring (bicyclic) bond motifs is 1. The fraction of sp³-hybridized carbons (Fsp3) is 0.320. The van der Waals surface area contributed by atoms with Crippen molar-refractivity contribution >= 4 is 16.8 Å². The number of nitrogens with zero attached hydrogens (tertiary/aromatic N) is 1. The van der Waals surface area contributed by atoms with E-state index in [0.717, 1.165) is 16.6 Å². The van der Waals surface area contributed by atoms with Crippen LogP contribution in [0.1, 0.15) is 29.9 Å². The quantitative estimate of drug-likeness (QED) is 0.528. The Bertz CT molecular complexity index is 1160. The molecule has 7 nitrogen and oxygen atoms in total. The third-order valence-corrected chi connectivity index (χ3v) is 6.00. The predicted molar refractivity (Wildman–Crippen MR) is 122 cm³/mol. The molecule has 0 saturated heterocycles. The van der Waals surface area contributed by atoms with Crippen LogP contribution in [0.15, 0.2) is 48.7 Å². The van der Waals surface area contributed by atoms with Gasteiger partial charge < -0.3 is 29.2 Å². The molecule has 1 amide bonds. The number of carbonyl (C=O) groups excluding carboxylic acids is 1. The summed E-state index contributed by atoms with van der Waals surface area (Å²) in [6.07, 6.45) is 5.03. The smallest absolute Gasteiger partial charge is 0.225 e. The first-order chi connectivity index (χ1) is 16.0. The maximum Gasteiger partial charge on any atom is 0.225 e. The molecule has 0 bridgehead atoms. The second-order valence-electron chi connectivity index (χ2n) is 7.87. The van der Waals surface area contributed by atoms with Crippen molar-refractivity contribution in [1.29, 1.82) is 0 Å². The van der Waals surface area contributed by atoms with E-state index in [-0.39, 0.29) is 18.1 Å². The number of rotatable bonds is 7. The third-order valence-electron chi connectivity index (χ3n) is 6.00. The topological polar surface area (TPSA) is 84.0 Å². The molecule has 1 aliphatic heterocycles. The highest BCUT2D eigenvalue weighted by Gasteiger charge is 2.29. The molecule has 0 radical (unpaired) electrons. The second-order valence-corrected chi connectivity index (χ2v) is 7.87. The zero-order valence-corrected chi connectivity index (χ0v) is 18.8. The zero-order chi connectivity index (χ0) is 23.5. The van der Waals surface area contributed by atoms with Crippen LogP contribution in [0.2, 0.25) is 0 Å². The molecule has 0 aliphatic carbocycles. The first kappa shape index (κ1) is 22.7. The minimum atomic E-state index is -0.966. The van der Waals surface area contributed by atoms with Crippen LogP contribution in [0.25, 0.3) is 10.9 Å². The minimum Gasteiger partial charge on any atom is -0.493 e. The molecule has 2 atom stereocenters. The van der Waals surface area contributed by atoms with Crippen LogP contribution in [-0.2, 0) is 4.79 Å². The Balaban J connectivity index is 1.83. The number of H-pyrrole nitrogens is 1. The molecule has 2 aromatic carbocycles. The van der Waals surface area contributed by atoms with Gasteiger partial charge in [-0.15, -0.1) is 0 Å². The molecule has 2 unspecified atom stereocenters. The van der Waals surface area contributed by atoms with Gasteiger partial charge in [0.25, 0.3) is 0 Å². The monoisotopic (exact) mass is 454 g/mol. The number of aliphatic hydroxyl groups excluding tert-OH is 1. The van der Waals surface area contributed by atoms with Crippen molar-refractivity contribution in [3.8, 4) is 17.2 Å². The van der Waals surface area contributed by atoms with Crippen molar-refractivity contribution < 1.29 is 28.5 Å². The van der Waals surface area contributed by atoms with Crippen molar-refractivity contribution in [2.45, 2.75) is 25.0 Å². The standard InChI is InChI=1S/C25H27FN2O5/c1-31-21-10-15(11-22(32-2)25(21)33-3)17(13-24(30)28-9-5-4-6-23(28)29)19-14-27-20-8-7-16(26)12-18(19)20/h4,6-8,10-12,14,17,23,27,29H,5,9,13H2,1-3H3. The van der Waals surface area contributed by atoms with E-state index in [1.807, 2.05) is 6.08 Å². The molecule has 0 fully saturated rings. The molecule has 0 saturated carbocycles. The van der Waals surface area contributed by atoms with Gasteiger partial charge in [-0.2, -0.15) is 0 Å². The van der Waals surface area contributed by atoms with Gasteiger partial charge in [-0.3, -0.25) is 4.79 Å². The Morgan fingerprint density at radius 2 is 1.91 bits per heavy atom. The summed E-state index contributed by atoms with van der Waals surface area (Å²) < 4.78 is 30.6. The third kappa shape index (κ3) is 4.39. The molecular formula is C25H27FN2O5. The van der Waals surface area contributed by atoms with Crippen LogP contribution in [-0.4, -0.2) is 55.0 Å². The second kappa shape index (κ2) is 9.54. The number of methoxy groups -OCH3 is 3. The first-order valence-corrected chi connectivity index (χ1v) is 10.7. The molecular weight excluding hydrogens is 427 g/mol. The van der Waals surface area contributed by atoms with Gasteiger partial charge >= 0.3 is 0 Å². The lowest BCUT2D eigenvalue weighted by Gasteiger charge is -2.30. The zero-order valence-electron chi connectivity index (χ0n) is 18.8. The molecule has 33 heavy (non-hydrogen) atoms. The van der Waals surface area contributed by atoms with Crippen molar-refractivity contribution in [3.63, 3.8) is 0 Å². The van der Waals surface area contributed by atoms with Crippen LogP contribution in [0.5, 0.6) is 17.2 Å². The van der Waals surface area contributed by atoms with Gasteiger partial charge in [0.15, 0.2) is 11.5 Å². The Morgan fingerprint density at radius 3 is 2.55 bits per heavy atom. The van der Waals surface area contributed by atoms with E-state index >= 15 is 0 Å². The van der Waals surface area contributed by atoms with E-state index in [1.165, 1.54) is 38.4 Å². The number of aromatic amines is 1. The molecule has 8 heteroatoms. The number of carbonyl (C=O) groups is 1. The van der Waals surface area contributed by atoms with E-state index < -0.39 is 12.1 Å². The highest BCUT2D eigenvalue weighted by molar-refractivity contribution is 5.86. The van der Waals surface area contributed by atoms with Gasteiger partial charge in [0.1, 0.15) is 12.0 Å². The maximum atomic E-state index is 14.1. The van der Waals surface area contributed by atoms with Gasteiger partial charge in [-0.05, 0) is 54.0 Å². The number of aromatic nitrogens is 1. The number of benzene rings is 2. The molecule has 174 valence electrons. The fourth-order valence-electron chi connectivity index (χ4n) is 4.34. The van der Waals surface area contributed by atoms with Gasteiger partial charge in [0.05, 0.1) is 21.3 Å². The average Bonchev–Trinajstić information content (AvgIpc) is 3.24. The highest BCUT2D eigenvalue weighted by Crippen LogP contribution is 2.43. The maximum absolute atomic E-state index is 14.1. The summed E-state index contributed by atoms with van der Waals surface area (Å²) in [5.74, 6) is 0.314. The van der Waals surface area contributed by atoms with E-state index in [9.17, 15) is 14.3 Å². The summed E-state index contributed by atoms with van der Waals surface area (Å²) in [7, 11) is 4.58. The first-order valence-electron chi connectivity index (χ1n) is 10.7. The number of aliphatic hydroxyl groups is 1. The van der Waals surface area contributed by atoms with Gasteiger partial charge in [0, 0.05) is 36.0 Å². The van der Waals surface area contributed by atoms with E-state index in [4.69, 9.17) is 14.2 Å². The highest BCUT2D eigenvalue weighted by atomic mass is 19.1. The minimum absolute atomic E-state index is 0.0625. The SMILES string of the molecule is COc1cc(C(CC(=O)N2CCC=CC2O)c2c[nH]c3ccc(F)cc23)cc(OC)c1OC. The lowest BCUT2D eigenvalue weighted by molar-refractivity contribution is -0.139. The molecule has 4 rings (SSSR count). The summed E-state index contributed by atoms with van der Waals surface area (Å²) >= 11 is 0.